The fourth-order valence-corrected chi connectivity index (χ4v) is 3.44. The van der Waals surface area contributed by atoms with Crippen LogP contribution in [0.4, 0.5) is 0 Å². The Morgan fingerprint density at radius 2 is 2.00 bits per heavy atom. The van der Waals surface area contributed by atoms with Gasteiger partial charge in [0.15, 0.2) is 5.78 Å². The Bertz CT molecular complexity index is 300. The third-order valence-corrected chi connectivity index (χ3v) is 5.08. The Balaban J connectivity index is 2.23. The smallest absolute Gasteiger partial charge is 0.155 e. The summed E-state index contributed by atoms with van der Waals surface area (Å²) in [6, 6.07) is 0. The fraction of sp³-hybridized carbons (Fsp3) is 0.786. The van der Waals surface area contributed by atoms with Gasteiger partial charge in [-0.3, -0.25) is 4.79 Å². The zero-order valence-corrected chi connectivity index (χ0v) is 10.2. The van der Waals surface area contributed by atoms with Gasteiger partial charge in [-0.25, -0.2) is 0 Å². The maximum absolute atomic E-state index is 11.2. The van der Waals surface area contributed by atoms with Crippen LogP contribution in [0.15, 0.2) is 12.2 Å². The molecule has 0 spiro atoms. The van der Waals surface area contributed by atoms with Crippen molar-refractivity contribution in [3.8, 4) is 0 Å². The molecule has 1 saturated carbocycles. The molecular weight excluding hydrogens is 184 g/mol. The zero-order valence-electron chi connectivity index (χ0n) is 10.2. The van der Waals surface area contributed by atoms with Gasteiger partial charge in [-0.15, -0.1) is 0 Å². The monoisotopic (exact) mass is 206 g/mol. The van der Waals surface area contributed by atoms with Crippen molar-refractivity contribution in [2.24, 2.45) is 16.7 Å². The van der Waals surface area contributed by atoms with Crippen LogP contribution in [0.1, 0.15) is 52.9 Å². The Hall–Kier alpha value is -0.590. The van der Waals surface area contributed by atoms with Crippen molar-refractivity contribution in [2.75, 3.05) is 0 Å². The van der Waals surface area contributed by atoms with E-state index in [0.29, 0.717) is 22.5 Å². The molecule has 2 rings (SSSR count). The summed E-state index contributed by atoms with van der Waals surface area (Å²) in [4.78, 5) is 11.2. The van der Waals surface area contributed by atoms with Gasteiger partial charge in [0.2, 0.25) is 0 Å². The number of carbonyl (C=O) groups is 1. The quantitative estimate of drug-likeness (QED) is 0.638. The zero-order chi connectivity index (χ0) is 11.1. The molecule has 84 valence electrons. The lowest BCUT2D eigenvalue weighted by Crippen LogP contribution is -2.37. The highest BCUT2D eigenvalue weighted by Crippen LogP contribution is 2.58. The molecule has 2 unspecified atom stereocenters. The minimum Gasteiger partial charge on any atom is -0.295 e. The molecule has 0 N–H and O–H groups in total. The van der Waals surface area contributed by atoms with Gasteiger partial charge in [0, 0.05) is 6.42 Å². The molecule has 0 saturated heterocycles. The number of ketones is 1. The number of hydrogen-bond acceptors (Lipinski definition) is 1. The molecule has 15 heavy (non-hydrogen) atoms. The minimum atomic E-state index is 0.311. The highest BCUT2D eigenvalue weighted by molar-refractivity contribution is 5.90. The molecule has 1 nitrogen and oxygen atoms in total. The second-order valence-electron chi connectivity index (χ2n) is 6.13. The highest BCUT2D eigenvalue weighted by atomic mass is 16.1. The first-order chi connectivity index (χ1) is 6.96. The second kappa shape index (κ2) is 3.47. The lowest BCUT2D eigenvalue weighted by molar-refractivity contribution is -0.115. The van der Waals surface area contributed by atoms with E-state index in [9.17, 15) is 4.79 Å². The van der Waals surface area contributed by atoms with Crippen molar-refractivity contribution in [3.05, 3.63) is 12.2 Å². The molecule has 0 aromatic carbocycles. The molecule has 1 fully saturated rings. The molecule has 0 aromatic heterocycles. The van der Waals surface area contributed by atoms with Crippen molar-refractivity contribution in [3.63, 3.8) is 0 Å². The van der Waals surface area contributed by atoms with Crippen molar-refractivity contribution in [2.45, 2.75) is 52.9 Å². The summed E-state index contributed by atoms with van der Waals surface area (Å²) in [6.07, 6.45) is 9.82. The summed E-state index contributed by atoms with van der Waals surface area (Å²) in [5.74, 6) is 0.929. The summed E-state index contributed by atoms with van der Waals surface area (Å²) in [7, 11) is 0. The fourth-order valence-electron chi connectivity index (χ4n) is 3.44. The van der Waals surface area contributed by atoms with Crippen molar-refractivity contribution < 1.29 is 4.79 Å². The van der Waals surface area contributed by atoms with Crippen LogP contribution in [-0.2, 0) is 4.79 Å². The topological polar surface area (TPSA) is 17.1 Å². The predicted octanol–water partition coefficient (Wildman–Crippen LogP) is 3.74. The van der Waals surface area contributed by atoms with Crippen LogP contribution in [0, 0.1) is 16.7 Å². The SMILES string of the molecule is CC1(C)CCCC1(C)C1C=CC(=O)CC1. The molecule has 0 radical (unpaired) electrons. The molecule has 0 amide bonds. The van der Waals surface area contributed by atoms with Crippen molar-refractivity contribution in [1.82, 2.24) is 0 Å². The number of allylic oxidation sites excluding steroid dienone is 2. The summed E-state index contributed by atoms with van der Waals surface area (Å²) in [6.45, 7) is 7.21. The summed E-state index contributed by atoms with van der Waals surface area (Å²) in [5, 5.41) is 0. The van der Waals surface area contributed by atoms with Gasteiger partial charge in [0.1, 0.15) is 0 Å². The van der Waals surface area contributed by atoms with E-state index in [1.165, 1.54) is 19.3 Å². The first-order valence-corrected chi connectivity index (χ1v) is 6.17. The lowest BCUT2D eigenvalue weighted by Gasteiger charge is -2.44. The number of rotatable bonds is 1. The predicted molar refractivity (Wildman–Crippen MR) is 62.6 cm³/mol. The van der Waals surface area contributed by atoms with E-state index >= 15 is 0 Å². The Morgan fingerprint density at radius 1 is 1.27 bits per heavy atom. The molecule has 0 aromatic rings. The maximum atomic E-state index is 11.2. The molecular formula is C14H22O. The van der Waals surface area contributed by atoms with Crippen LogP contribution in [0.25, 0.3) is 0 Å². The summed E-state index contributed by atoms with van der Waals surface area (Å²) in [5.41, 5.74) is 0.840. The van der Waals surface area contributed by atoms with Crippen LogP contribution >= 0.6 is 0 Å². The van der Waals surface area contributed by atoms with Crippen LogP contribution in [0.2, 0.25) is 0 Å². The average Bonchev–Trinajstić information content (AvgIpc) is 2.43. The van der Waals surface area contributed by atoms with E-state index in [2.05, 4.69) is 26.8 Å². The molecule has 0 heterocycles. The average molecular weight is 206 g/mol. The van der Waals surface area contributed by atoms with E-state index in [-0.39, 0.29) is 0 Å². The molecule has 0 aliphatic heterocycles. The lowest BCUT2D eigenvalue weighted by atomic mass is 9.60. The largest absolute Gasteiger partial charge is 0.295 e. The Morgan fingerprint density at radius 3 is 2.47 bits per heavy atom. The third-order valence-electron chi connectivity index (χ3n) is 5.08. The molecule has 0 bridgehead atoms. The van der Waals surface area contributed by atoms with Crippen LogP contribution in [-0.4, -0.2) is 5.78 Å². The normalized spacial score (nSPS) is 39.7. The van der Waals surface area contributed by atoms with Gasteiger partial charge >= 0.3 is 0 Å². The van der Waals surface area contributed by atoms with Crippen molar-refractivity contribution in [1.29, 1.82) is 0 Å². The highest BCUT2D eigenvalue weighted by Gasteiger charge is 2.49. The van der Waals surface area contributed by atoms with E-state index in [0.717, 1.165) is 12.8 Å². The van der Waals surface area contributed by atoms with Gasteiger partial charge in [-0.2, -0.15) is 0 Å². The van der Waals surface area contributed by atoms with Gasteiger partial charge < -0.3 is 0 Å². The number of carbonyl (C=O) groups excluding carboxylic acids is 1. The van der Waals surface area contributed by atoms with Gasteiger partial charge in [-0.05, 0) is 42.1 Å². The van der Waals surface area contributed by atoms with E-state index < -0.39 is 0 Å². The molecule has 2 aliphatic carbocycles. The van der Waals surface area contributed by atoms with Crippen LogP contribution < -0.4 is 0 Å². The van der Waals surface area contributed by atoms with Crippen LogP contribution in [0.5, 0.6) is 0 Å². The van der Waals surface area contributed by atoms with Crippen LogP contribution in [0.3, 0.4) is 0 Å². The number of hydrogen-bond donors (Lipinski definition) is 0. The van der Waals surface area contributed by atoms with E-state index in [4.69, 9.17) is 0 Å². The second-order valence-corrected chi connectivity index (χ2v) is 6.13. The first-order valence-electron chi connectivity index (χ1n) is 6.17. The van der Waals surface area contributed by atoms with Gasteiger partial charge in [-0.1, -0.05) is 33.3 Å². The summed E-state index contributed by atoms with van der Waals surface area (Å²) < 4.78 is 0. The van der Waals surface area contributed by atoms with E-state index in [1.807, 2.05) is 6.08 Å². The van der Waals surface area contributed by atoms with E-state index in [1.54, 1.807) is 0 Å². The molecule has 2 atom stereocenters. The molecule has 2 aliphatic rings. The first kappa shape index (κ1) is 10.9. The van der Waals surface area contributed by atoms with Crippen molar-refractivity contribution >= 4 is 5.78 Å². The summed E-state index contributed by atoms with van der Waals surface area (Å²) >= 11 is 0. The molecule has 1 heteroatoms. The minimum absolute atomic E-state index is 0.311. The Kier molecular flexibility index (Phi) is 2.52. The standard InChI is InChI=1S/C14H22O/c1-13(2)9-4-10-14(13,3)11-5-7-12(15)8-6-11/h5,7,11H,4,6,8-10H2,1-3H3. The maximum Gasteiger partial charge on any atom is 0.155 e. The van der Waals surface area contributed by atoms with Gasteiger partial charge in [0.05, 0.1) is 0 Å². The third kappa shape index (κ3) is 1.66. The van der Waals surface area contributed by atoms with Gasteiger partial charge in [0.25, 0.3) is 0 Å². The Labute approximate surface area is 92.9 Å².